The molecule has 3 N–H and O–H groups in total. The van der Waals surface area contributed by atoms with E-state index in [-0.39, 0.29) is 11.9 Å². The maximum absolute atomic E-state index is 11.7. The minimum absolute atomic E-state index is 0.0994. The fraction of sp³-hybridized carbons (Fsp3) is 0.533. The van der Waals surface area contributed by atoms with Gasteiger partial charge in [0.05, 0.1) is 12.8 Å². The van der Waals surface area contributed by atoms with E-state index in [0.29, 0.717) is 13.0 Å². The molecule has 1 aliphatic rings. The molecule has 1 heterocycles. The highest BCUT2D eigenvalue weighted by Crippen LogP contribution is 2.30. The van der Waals surface area contributed by atoms with Crippen molar-refractivity contribution in [1.29, 1.82) is 0 Å². The van der Waals surface area contributed by atoms with E-state index in [2.05, 4.69) is 16.3 Å². The molecular formula is C15H23N3O2. The van der Waals surface area contributed by atoms with Gasteiger partial charge in [-0.1, -0.05) is 12.1 Å². The van der Waals surface area contributed by atoms with Crippen LogP contribution in [-0.4, -0.2) is 38.7 Å². The topological polar surface area (TPSA) is 67.6 Å². The summed E-state index contributed by atoms with van der Waals surface area (Å²) in [5.41, 5.74) is 6.50. The van der Waals surface area contributed by atoms with Crippen LogP contribution in [0.25, 0.3) is 0 Å². The number of anilines is 1. The number of nitrogens with zero attached hydrogens (tertiary/aromatic N) is 1. The summed E-state index contributed by atoms with van der Waals surface area (Å²) >= 11 is 0. The predicted molar refractivity (Wildman–Crippen MR) is 80.0 cm³/mol. The summed E-state index contributed by atoms with van der Waals surface area (Å²) in [6.45, 7) is 2.32. The van der Waals surface area contributed by atoms with Gasteiger partial charge in [0.2, 0.25) is 5.91 Å². The summed E-state index contributed by atoms with van der Waals surface area (Å²) in [5.74, 6) is 0.977. The van der Waals surface area contributed by atoms with Crippen LogP contribution >= 0.6 is 0 Å². The van der Waals surface area contributed by atoms with Crippen molar-refractivity contribution in [3.8, 4) is 5.75 Å². The molecule has 0 saturated carbocycles. The molecule has 1 aromatic rings. The lowest BCUT2D eigenvalue weighted by Crippen LogP contribution is -2.37. The number of carbonyl (C=O) groups is 1. The number of amides is 1. The third-order valence-corrected chi connectivity index (χ3v) is 3.59. The smallest absolute Gasteiger partial charge is 0.220 e. The Hall–Kier alpha value is -1.75. The normalized spacial score (nSPS) is 18.1. The molecule has 1 fully saturated rings. The minimum Gasteiger partial charge on any atom is -0.495 e. The number of rotatable bonds is 6. The Kier molecular flexibility index (Phi) is 5.24. The van der Waals surface area contributed by atoms with Gasteiger partial charge in [-0.2, -0.15) is 0 Å². The fourth-order valence-electron chi connectivity index (χ4n) is 2.55. The maximum Gasteiger partial charge on any atom is 0.220 e. The first-order chi connectivity index (χ1) is 9.74. The molecule has 1 unspecified atom stereocenters. The monoisotopic (exact) mass is 277 g/mol. The summed E-state index contributed by atoms with van der Waals surface area (Å²) < 4.78 is 5.38. The van der Waals surface area contributed by atoms with Crippen molar-refractivity contribution in [1.82, 2.24) is 5.32 Å². The number of nitrogens with two attached hydrogens (primary N) is 1. The summed E-state index contributed by atoms with van der Waals surface area (Å²) in [6, 6.07) is 8.19. The van der Waals surface area contributed by atoms with Crippen LogP contribution in [0.5, 0.6) is 5.75 Å². The van der Waals surface area contributed by atoms with Crippen molar-refractivity contribution in [3.63, 3.8) is 0 Å². The number of hydrogen-bond donors (Lipinski definition) is 2. The van der Waals surface area contributed by atoms with Crippen LogP contribution in [0.1, 0.15) is 19.3 Å². The van der Waals surface area contributed by atoms with E-state index in [4.69, 9.17) is 10.5 Å². The van der Waals surface area contributed by atoms with Crippen molar-refractivity contribution < 1.29 is 9.53 Å². The van der Waals surface area contributed by atoms with Gasteiger partial charge >= 0.3 is 0 Å². The molecule has 5 heteroatoms. The summed E-state index contributed by atoms with van der Waals surface area (Å²) in [7, 11) is 1.68. The third-order valence-electron chi connectivity index (χ3n) is 3.59. The summed E-state index contributed by atoms with van der Waals surface area (Å²) in [5, 5.41) is 3.07. The van der Waals surface area contributed by atoms with E-state index in [1.165, 1.54) is 0 Å². The molecule has 5 nitrogen and oxygen atoms in total. The zero-order valence-electron chi connectivity index (χ0n) is 12.0. The van der Waals surface area contributed by atoms with Crippen LogP contribution in [0.3, 0.4) is 0 Å². The zero-order chi connectivity index (χ0) is 14.4. The fourth-order valence-corrected chi connectivity index (χ4v) is 2.55. The first-order valence-corrected chi connectivity index (χ1v) is 7.12. The molecule has 1 atom stereocenters. The number of nitrogens with one attached hydrogen (secondary N) is 1. The largest absolute Gasteiger partial charge is 0.495 e. The second-order valence-corrected chi connectivity index (χ2v) is 5.06. The molecule has 1 amide bonds. The van der Waals surface area contributed by atoms with Gasteiger partial charge in [-0.05, 0) is 31.5 Å². The van der Waals surface area contributed by atoms with Gasteiger partial charge in [-0.3, -0.25) is 4.79 Å². The van der Waals surface area contributed by atoms with Crippen LogP contribution in [0, 0.1) is 0 Å². The third kappa shape index (κ3) is 3.63. The van der Waals surface area contributed by atoms with Gasteiger partial charge in [-0.15, -0.1) is 0 Å². The van der Waals surface area contributed by atoms with Gasteiger partial charge in [0.25, 0.3) is 0 Å². The Morgan fingerprint density at radius 3 is 3.05 bits per heavy atom. The second-order valence-electron chi connectivity index (χ2n) is 5.06. The average molecular weight is 277 g/mol. The van der Waals surface area contributed by atoms with Crippen molar-refractivity contribution in [2.45, 2.75) is 25.3 Å². The van der Waals surface area contributed by atoms with Crippen molar-refractivity contribution >= 4 is 11.6 Å². The molecule has 1 aliphatic heterocycles. The Balaban J connectivity index is 1.90. The number of benzene rings is 1. The molecule has 2 rings (SSSR count). The lowest BCUT2D eigenvalue weighted by molar-refractivity contribution is -0.121. The Morgan fingerprint density at radius 2 is 2.30 bits per heavy atom. The Bertz CT molecular complexity index is 450. The molecule has 0 bridgehead atoms. The van der Waals surface area contributed by atoms with Crippen LogP contribution < -0.4 is 20.7 Å². The quantitative estimate of drug-likeness (QED) is 0.818. The number of carbonyl (C=O) groups excluding carboxylic acids is 1. The van der Waals surface area contributed by atoms with E-state index < -0.39 is 0 Å². The molecule has 1 aromatic carbocycles. The van der Waals surface area contributed by atoms with Gasteiger partial charge in [-0.25, -0.2) is 0 Å². The van der Waals surface area contributed by atoms with E-state index in [0.717, 1.165) is 37.4 Å². The number of ether oxygens (including phenoxy) is 1. The van der Waals surface area contributed by atoms with E-state index in [1.807, 2.05) is 18.2 Å². The first-order valence-electron chi connectivity index (χ1n) is 7.12. The zero-order valence-corrected chi connectivity index (χ0v) is 12.0. The van der Waals surface area contributed by atoms with Gasteiger partial charge in [0.1, 0.15) is 5.75 Å². The number of methoxy groups -OCH3 is 1. The average Bonchev–Trinajstić information content (AvgIpc) is 2.93. The van der Waals surface area contributed by atoms with E-state index in [9.17, 15) is 4.79 Å². The van der Waals surface area contributed by atoms with Gasteiger partial charge in [0.15, 0.2) is 0 Å². The molecule has 20 heavy (non-hydrogen) atoms. The van der Waals surface area contributed by atoms with Crippen molar-refractivity contribution in [2.75, 3.05) is 31.6 Å². The molecule has 0 spiro atoms. The van der Waals surface area contributed by atoms with Crippen LogP contribution in [0.2, 0.25) is 0 Å². The molecule has 0 radical (unpaired) electrons. The second kappa shape index (κ2) is 7.14. The highest BCUT2D eigenvalue weighted by atomic mass is 16.5. The van der Waals surface area contributed by atoms with Crippen LogP contribution in [0.4, 0.5) is 5.69 Å². The molecule has 1 saturated heterocycles. The Morgan fingerprint density at radius 1 is 1.50 bits per heavy atom. The summed E-state index contributed by atoms with van der Waals surface area (Å²) in [6.07, 6.45) is 2.23. The van der Waals surface area contributed by atoms with Crippen LogP contribution in [-0.2, 0) is 4.79 Å². The van der Waals surface area contributed by atoms with Crippen LogP contribution in [0.15, 0.2) is 24.3 Å². The number of hydrogen-bond acceptors (Lipinski definition) is 4. The van der Waals surface area contributed by atoms with E-state index >= 15 is 0 Å². The standard InChI is InChI=1S/C15H23N3O2/c1-20-14-6-3-2-5-13(14)18-10-8-12(11-18)17-15(19)7-4-9-16/h2-3,5-6,12H,4,7-11,16H2,1H3,(H,17,19). The van der Waals surface area contributed by atoms with Gasteiger partial charge in [0, 0.05) is 25.6 Å². The van der Waals surface area contributed by atoms with Gasteiger partial charge < -0.3 is 20.7 Å². The predicted octanol–water partition coefficient (Wildman–Crippen LogP) is 1.13. The lowest BCUT2D eigenvalue weighted by atomic mass is 10.2. The summed E-state index contributed by atoms with van der Waals surface area (Å²) in [4.78, 5) is 14.0. The molecule has 110 valence electrons. The first kappa shape index (κ1) is 14.7. The lowest BCUT2D eigenvalue weighted by Gasteiger charge is -2.21. The Labute approximate surface area is 120 Å². The minimum atomic E-state index is 0.0994. The molecule has 0 aromatic heterocycles. The maximum atomic E-state index is 11.7. The molecular weight excluding hydrogens is 254 g/mol. The number of para-hydroxylation sites is 2. The van der Waals surface area contributed by atoms with Crippen molar-refractivity contribution in [2.24, 2.45) is 5.73 Å². The molecule has 0 aliphatic carbocycles. The van der Waals surface area contributed by atoms with E-state index in [1.54, 1.807) is 7.11 Å². The highest BCUT2D eigenvalue weighted by molar-refractivity contribution is 5.76. The SMILES string of the molecule is COc1ccccc1N1CCC(NC(=O)CCCN)C1. The van der Waals surface area contributed by atoms with Crippen molar-refractivity contribution in [3.05, 3.63) is 24.3 Å². The highest BCUT2D eigenvalue weighted by Gasteiger charge is 2.25.